The lowest BCUT2D eigenvalue weighted by molar-refractivity contribution is 0.102. The number of hydrogen-bond donors (Lipinski definition) is 2. The van der Waals surface area contributed by atoms with Crippen molar-refractivity contribution in [1.29, 1.82) is 0 Å². The van der Waals surface area contributed by atoms with Crippen molar-refractivity contribution in [1.82, 2.24) is 10.2 Å². The Kier molecular flexibility index (Phi) is 4.80. The Morgan fingerprint density at radius 3 is 2.71 bits per heavy atom. The number of amides is 1. The molecule has 2 N–H and O–H groups in total. The Balaban J connectivity index is 2.13. The van der Waals surface area contributed by atoms with E-state index in [9.17, 15) is 13.2 Å². The molecule has 0 spiro atoms. The van der Waals surface area contributed by atoms with Crippen molar-refractivity contribution in [3.63, 3.8) is 0 Å². The second-order valence-electron chi connectivity index (χ2n) is 3.99. The lowest BCUT2D eigenvalue weighted by Gasteiger charge is -2.06. The molecular weight excluding hydrogens is 332 g/mol. The molecule has 1 heterocycles. The summed E-state index contributed by atoms with van der Waals surface area (Å²) in [7, 11) is -3.38. The Hall–Kier alpha value is -1.65. The van der Waals surface area contributed by atoms with Gasteiger partial charge in [-0.2, -0.15) is 0 Å². The van der Waals surface area contributed by atoms with Crippen LogP contribution in [0, 0.1) is 0 Å². The molecule has 0 aliphatic rings. The minimum absolute atomic E-state index is 0.324. The van der Waals surface area contributed by atoms with E-state index in [0.717, 1.165) is 10.6 Å². The lowest BCUT2D eigenvalue weighted by atomic mass is 10.2. The third-order valence-corrected chi connectivity index (χ3v) is 4.65. The molecule has 10 heteroatoms. The van der Waals surface area contributed by atoms with Gasteiger partial charge in [-0.1, -0.05) is 29.2 Å². The number of benzene rings is 1. The molecule has 1 aromatic carbocycles. The van der Waals surface area contributed by atoms with E-state index in [1.165, 1.54) is 29.2 Å². The van der Waals surface area contributed by atoms with Gasteiger partial charge in [0.25, 0.3) is 5.91 Å². The molecule has 0 fully saturated rings. The van der Waals surface area contributed by atoms with Gasteiger partial charge in [-0.3, -0.25) is 14.8 Å². The van der Waals surface area contributed by atoms with Gasteiger partial charge >= 0.3 is 0 Å². The number of sulfonamides is 1. The molecule has 2 aromatic rings. The minimum Gasteiger partial charge on any atom is -0.296 e. The highest BCUT2D eigenvalue weighted by Crippen LogP contribution is 2.23. The van der Waals surface area contributed by atoms with E-state index >= 15 is 0 Å². The highest BCUT2D eigenvalue weighted by Gasteiger charge is 2.11. The number of aromatic nitrogens is 2. The van der Waals surface area contributed by atoms with E-state index in [-0.39, 0.29) is 5.91 Å². The van der Waals surface area contributed by atoms with E-state index in [1.807, 2.05) is 6.26 Å². The number of nitrogens with one attached hydrogen (secondary N) is 2. The first kappa shape index (κ1) is 15.7. The van der Waals surface area contributed by atoms with Crippen molar-refractivity contribution in [2.24, 2.45) is 0 Å². The van der Waals surface area contributed by atoms with Crippen molar-refractivity contribution >= 4 is 49.8 Å². The number of carbonyl (C=O) groups excluding carboxylic acids is 1. The van der Waals surface area contributed by atoms with Gasteiger partial charge in [-0.15, -0.1) is 10.2 Å². The lowest BCUT2D eigenvalue weighted by Crippen LogP contribution is -2.13. The van der Waals surface area contributed by atoms with Crippen LogP contribution in [-0.4, -0.2) is 37.0 Å². The second-order valence-corrected chi connectivity index (χ2v) is 7.77. The van der Waals surface area contributed by atoms with E-state index in [2.05, 4.69) is 20.2 Å². The molecule has 0 aliphatic heterocycles. The summed E-state index contributed by atoms with van der Waals surface area (Å²) >= 11 is 2.71. The van der Waals surface area contributed by atoms with Crippen molar-refractivity contribution in [2.75, 3.05) is 22.6 Å². The molecule has 0 radical (unpaired) electrons. The smallest absolute Gasteiger partial charge is 0.257 e. The summed E-state index contributed by atoms with van der Waals surface area (Å²) in [5.74, 6) is -0.379. The third-order valence-electron chi connectivity index (χ3n) is 2.23. The Bertz CT molecular complexity index is 758. The normalized spacial score (nSPS) is 11.1. The first-order chi connectivity index (χ1) is 9.87. The average molecular weight is 344 g/mol. The first-order valence-corrected chi connectivity index (χ1v) is 9.57. The van der Waals surface area contributed by atoms with E-state index < -0.39 is 10.0 Å². The van der Waals surface area contributed by atoms with Crippen LogP contribution in [0.3, 0.4) is 0 Å². The molecule has 1 amide bonds. The zero-order chi connectivity index (χ0) is 15.5. The molecule has 0 aliphatic carbocycles. The Labute approximate surface area is 130 Å². The van der Waals surface area contributed by atoms with Gasteiger partial charge in [0.2, 0.25) is 15.2 Å². The van der Waals surface area contributed by atoms with Crippen LogP contribution in [0.1, 0.15) is 10.4 Å². The summed E-state index contributed by atoms with van der Waals surface area (Å²) in [6.07, 6.45) is 2.91. The van der Waals surface area contributed by atoms with Crippen molar-refractivity contribution in [3.05, 3.63) is 29.8 Å². The van der Waals surface area contributed by atoms with Gasteiger partial charge in [-0.25, -0.2) is 8.42 Å². The van der Waals surface area contributed by atoms with Crippen LogP contribution in [-0.2, 0) is 10.0 Å². The van der Waals surface area contributed by atoms with Crippen molar-refractivity contribution in [3.8, 4) is 0 Å². The molecular formula is C11H12N4O3S3. The maximum Gasteiger partial charge on any atom is 0.257 e. The SMILES string of the molecule is CSc1nnc(NC(=O)c2cccc(NS(C)(=O)=O)c2)s1. The monoisotopic (exact) mass is 344 g/mol. The molecule has 0 saturated carbocycles. The van der Waals surface area contributed by atoms with E-state index in [0.29, 0.717) is 16.4 Å². The largest absolute Gasteiger partial charge is 0.296 e. The van der Waals surface area contributed by atoms with Crippen LogP contribution in [0.5, 0.6) is 0 Å². The van der Waals surface area contributed by atoms with E-state index in [1.54, 1.807) is 18.2 Å². The standard InChI is InChI=1S/C11H12N4O3S3/c1-19-11-14-13-10(20-11)12-9(16)7-4-3-5-8(6-7)15-21(2,17)18/h3-6,15H,1-2H3,(H,12,13,16). The van der Waals surface area contributed by atoms with Crippen LogP contribution in [0.4, 0.5) is 10.8 Å². The Morgan fingerprint density at radius 2 is 2.10 bits per heavy atom. The van der Waals surface area contributed by atoms with Crippen LogP contribution in [0.2, 0.25) is 0 Å². The summed E-state index contributed by atoms with van der Waals surface area (Å²) in [4.78, 5) is 12.1. The predicted octanol–water partition coefficient (Wildman–Crippen LogP) is 1.88. The third kappa shape index (κ3) is 4.69. The van der Waals surface area contributed by atoms with Crippen LogP contribution >= 0.6 is 23.1 Å². The summed E-state index contributed by atoms with van der Waals surface area (Å²) in [5.41, 5.74) is 0.650. The summed E-state index contributed by atoms with van der Waals surface area (Å²) in [6, 6.07) is 6.19. The maximum atomic E-state index is 12.1. The van der Waals surface area contributed by atoms with Crippen LogP contribution < -0.4 is 10.0 Å². The zero-order valence-electron chi connectivity index (χ0n) is 11.2. The van der Waals surface area contributed by atoms with Gasteiger partial charge < -0.3 is 0 Å². The number of hydrogen-bond acceptors (Lipinski definition) is 7. The molecule has 0 atom stereocenters. The van der Waals surface area contributed by atoms with Gasteiger partial charge in [0.15, 0.2) is 4.34 Å². The summed E-state index contributed by atoms with van der Waals surface area (Å²) < 4.78 is 25.4. The van der Waals surface area contributed by atoms with Gasteiger partial charge in [0.05, 0.1) is 6.26 Å². The van der Waals surface area contributed by atoms with Crippen LogP contribution in [0.25, 0.3) is 0 Å². The number of anilines is 2. The molecule has 2 rings (SSSR count). The predicted molar refractivity (Wildman–Crippen MR) is 84.6 cm³/mol. The number of rotatable bonds is 5. The second kappa shape index (κ2) is 6.41. The molecule has 0 saturated heterocycles. The fourth-order valence-corrected chi connectivity index (χ4v) is 3.17. The molecule has 0 unspecified atom stereocenters. The molecule has 112 valence electrons. The first-order valence-electron chi connectivity index (χ1n) is 5.64. The van der Waals surface area contributed by atoms with Crippen molar-refractivity contribution in [2.45, 2.75) is 4.34 Å². The molecule has 0 bridgehead atoms. The van der Waals surface area contributed by atoms with Crippen LogP contribution in [0.15, 0.2) is 28.6 Å². The zero-order valence-corrected chi connectivity index (χ0v) is 13.6. The van der Waals surface area contributed by atoms with E-state index in [4.69, 9.17) is 0 Å². The fraction of sp³-hybridized carbons (Fsp3) is 0.182. The summed E-state index contributed by atoms with van der Waals surface area (Å²) in [6.45, 7) is 0. The highest BCUT2D eigenvalue weighted by molar-refractivity contribution is 8.00. The van der Waals surface area contributed by atoms with Gasteiger partial charge in [-0.05, 0) is 24.5 Å². The quantitative estimate of drug-likeness (QED) is 0.634. The number of carbonyl (C=O) groups is 1. The number of thioether (sulfide) groups is 1. The fourth-order valence-electron chi connectivity index (χ4n) is 1.45. The average Bonchev–Trinajstić information content (AvgIpc) is 2.84. The molecule has 1 aromatic heterocycles. The summed E-state index contributed by atoms with van der Waals surface area (Å²) in [5, 5.41) is 10.7. The minimum atomic E-state index is -3.38. The molecule has 21 heavy (non-hydrogen) atoms. The van der Waals surface area contributed by atoms with Gasteiger partial charge in [0.1, 0.15) is 0 Å². The maximum absolute atomic E-state index is 12.1. The van der Waals surface area contributed by atoms with Crippen molar-refractivity contribution < 1.29 is 13.2 Å². The molecule has 7 nitrogen and oxygen atoms in total. The topological polar surface area (TPSA) is 101 Å². The Morgan fingerprint density at radius 1 is 1.33 bits per heavy atom. The van der Waals surface area contributed by atoms with Gasteiger partial charge in [0, 0.05) is 11.3 Å². The highest BCUT2D eigenvalue weighted by atomic mass is 32.2. The number of nitrogens with zero attached hydrogens (tertiary/aromatic N) is 2.